The minimum absolute atomic E-state index is 0.0821. The zero-order chi connectivity index (χ0) is 17.8. The largest absolute Gasteiger partial charge is 0.377 e. The number of hydrogen-bond donors (Lipinski definition) is 1. The number of carbonyl (C=O) groups is 1. The third kappa shape index (κ3) is 3.96. The standard InChI is InChI=1S/C19H24N4O2/c1-13-6-4-5-7-15(13)11-18(24)23-8-9-25-12-16(23)19-21-14(2)10-17(20-3)22-19/h4-7,10,16H,8-9,11-12H2,1-3H3,(H,20,21,22). The molecule has 1 atom stereocenters. The summed E-state index contributed by atoms with van der Waals surface area (Å²) < 4.78 is 5.61. The number of nitrogens with one attached hydrogen (secondary N) is 1. The maximum absolute atomic E-state index is 12.9. The molecule has 6 heteroatoms. The number of benzene rings is 1. The van der Waals surface area contributed by atoms with Crippen LogP contribution in [0.5, 0.6) is 0 Å². The van der Waals surface area contributed by atoms with E-state index in [-0.39, 0.29) is 11.9 Å². The van der Waals surface area contributed by atoms with Gasteiger partial charge in [0.15, 0.2) is 5.82 Å². The molecule has 0 aliphatic carbocycles. The lowest BCUT2D eigenvalue weighted by Crippen LogP contribution is -2.44. The lowest BCUT2D eigenvalue weighted by molar-refractivity contribution is -0.139. The van der Waals surface area contributed by atoms with E-state index in [1.807, 2.05) is 56.1 Å². The lowest BCUT2D eigenvalue weighted by Gasteiger charge is -2.35. The summed E-state index contributed by atoms with van der Waals surface area (Å²) in [6, 6.07) is 9.62. The molecule has 1 fully saturated rings. The second-order valence-electron chi connectivity index (χ2n) is 6.28. The van der Waals surface area contributed by atoms with Crippen molar-refractivity contribution < 1.29 is 9.53 Å². The predicted octanol–water partition coefficient (Wildman–Crippen LogP) is 2.28. The van der Waals surface area contributed by atoms with Crippen molar-refractivity contribution in [3.8, 4) is 0 Å². The maximum Gasteiger partial charge on any atom is 0.227 e. The Morgan fingerprint density at radius 2 is 2.12 bits per heavy atom. The van der Waals surface area contributed by atoms with Crippen LogP contribution in [0, 0.1) is 13.8 Å². The Labute approximate surface area is 148 Å². The number of ether oxygens (including phenoxy) is 1. The number of aromatic nitrogens is 2. The number of aryl methyl sites for hydroxylation is 2. The summed E-state index contributed by atoms with van der Waals surface area (Å²) in [7, 11) is 1.82. The fraction of sp³-hybridized carbons (Fsp3) is 0.421. The second-order valence-corrected chi connectivity index (χ2v) is 6.28. The first kappa shape index (κ1) is 17.4. The van der Waals surface area contributed by atoms with E-state index in [4.69, 9.17) is 4.74 Å². The summed E-state index contributed by atoms with van der Waals surface area (Å²) >= 11 is 0. The molecule has 3 rings (SSSR count). The van der Waals surface area contributed by atoms with E-state index in [1.54, 1.807) is 0 Å². The highest BCUT2D eigenvalue weighted by molar-refractivity contribution is 5.79. The Hall–Kier alpha value is -2.47. The summed E-state index contributed by atoms with van der Waals surface area (Å²) in [6.45, 7) is 5.48. The average Bonchev–Trinajstić information content (AvgIpc) is 2.63. The third-order valence-electron chi connectivity index (χ3n) is 4.48. The van der Waals surface area contributed by atoms with Gasteiger partial charge in [-0.1, -0.05) is 24.3 Å². The molecule has 0 saturated carbocycles. The molecule has 0 spiro atoms. The third-order valence-corrected chi connectivity index (χ3v) is 4.48. The van der Waals surface area contributed by atoms with Crippen LogP contribution in [-0.4, -0.2) is 47.6 Å². The van der Waals surface area contributed by atoms with Crippen LogP contribution in [0.4, 0.5) is 5.82 Å². The van der Waals surface area contributed by atoms with Crippen LogP contribution in [0.25, 0.3) is 0 Å². The topological polar surface area (TPSA) is 67.4 Å². The van der Waals surface area contributed by atoms with Crippen molar-refractivity contribution in [2.24, 2.45) is 0 Å². The van der Waals surface area contributed by atoms with Crippen molar-refractivity contribution in [1.82, 2.24) is 14.9 Å². The molecule has 1 N–H and O–H groups in total. The van der Waals surface area contributed by atoms with E-state index in [0.717, 1.165) is 22.6 Å². The fourth-order valence-corrected chi connectivity index (χ4v) is 3.06. The van der Waals surface area contributed by atoms with Crippen LogP contribution in [0.15, 0.2) is 30.3 Å². The summed E-state index contributed by atoms with van der Waals surface area (Å²) in [6.07, 6.45) is 0.383. The van der Waals surface area contributed by atoms with Gasteiger partial charge in [-0.25, -0.2) is 9.97 Å². The maximum atomic E-state index is 12.9. The summed E-state index contributed by atoms with van der Waals surface area (Å²) in [5.41, 5.74) is 3.05. The molecular formula is C19H24N4O2. The number of rotatable bonds is 4. The van der Waals surface area contributed by atoms with Gasteiger partial charge in [0.25, 0.3) is 0 Å². The van der Waals surface area contributed by atoms with Crippen molar-refractivity contribution in [2.45, 2.75) is 26.3 Å². The zero-order valence-corrected chi connectivity index (χ0v) is 15.0. The molecule has 1 saturated heterocycles. The molecule has 1 aromatic heterocycles. The van der Waals surface area contributed by atoms with Crippen molar-refractivity contribution in [3.05, 3.63) is 53.0 Å². The van der Waals surface area contributed by atoms with Crippen LogP contribution < -0.4 is 5.32 Å². The highest BCUT2D eigenvalue weighted by Crippen LogP contribution is 2.24. The first-order valence-corrected chi connectivity index (χ1v) is 8.53. The van der Waals surface area contributed by atoms with Crippen LogP contribution >= 0.6 is 0 Å². The molecule has 1 aliphatic rings. The smallest absolute Gasteiger partial charge is 0.227 e. The van der Waals surface area contributed by atoms with Gasteiger partial charge < -0.3 is 15.0 Å². The molecule has 2 heterocycles. The van der Waals surface area contributed by atoms with Gasteiger partial charge in [-0.15, -0.1) is 0 Å². The monoisotopic (exact) mass is 340 g/mol. The fourth-order valence-electron chi connectivity index (χ4n) is 3.06. The molecular weight excluding hydrogens is 316 g/mol. The second kappa shape index (κ2) is 7.61. The van der Waals surface area contributed by atoms with Gasteiger partial charge in [0.05, 0.1) is 19.6 Å². The van der Waals surface area contributed by atoms with Crippen LogP contribution in [0.3, 0.4) is 0 Å². The van der Waals surface area contributed by atoms with Crippen molar-refractivity contribution in [3.63, 3.8) is 0 Å². The number of amides is 1. The predicted molar refractivity (Wildman–Crippen MR) is 96.5 cm³/mol. The minimum atomic E-state index is -0.253. The normalized spacial score (nSPS) is 17.4. The molecule has 1 unspecified atom stereocenters. The van der Waals surface area contributed by atoms with Gasteiger partial charge >= 0.3 is 0 Å². The van der Waals surface area contributed by atoms with E-state index in [1.165, 1.54) is 0 Å². The molecule has 1 aromatic carbocycles. The van der Waals surface area contributed by atoms with Gasteiger partial charge in [-0.05, 0) is 25.0 Å². The number of anilines is 1. The SMILES string of the molecule is CNc1cc(C)nc(C2COCCN2C(=O)Cc2ccccc2C)n1. The minimum Gasteiger partial charge on any atom is -0.377 e. The molecule has 132 valence electrons. The van der Waals surface area contributed by atoms with Gasteiger partial charge in [0.1, 0.15) is 11.9 Å². The molecule has 1 amide bonds. The van der Waals surface area contributed by atoms with Crippen LogP contribution in [0.1, 0.15) is 28.7 Å². The Morgan fingerprint density at radius 3 is 2.88 bits per heavy atom. The number of hydrogen-bond acceptors (Lipinski definition) is 5. The van der Waals surface area contributed by atoms with E-state index < -0.39 is 0 Å². The van der Waals surface area contributed by atoms with E-state index in [2.05, 4.69) is 15.3 Å². The summed E-state index contributed by atoms with van der Waals surface area (Å²) in [5, 5.41) is 3.04. The first-order valence-electron chi connectivity index (χ1n) is 8.53. The van der Waals surface area contributed by atoms with Gasteiger partial charge in [-0.2, -0.15) is 0 Å². The Kier molecular flexibility index (Phi) is 5.28. The highest BCUT2D eigenvalue weighted by Gasteiger charge is 2.31. The quantitative estimate of drug-likeness (QED) is 0.925. The van der Waals surface area contributed by atoms with E-state index in [9.17, 15) is 4.79 Å². The van der Waals surface area contributed by atoms with Crippen molar-refractivity contribution in [1.29, 1.82) is 0 Å². The molecule has 6 nitrogen and oxygen atoms in total. The molecule has 2 aromatic rings. The zero-order valence-electron chi connectivity index (χ0n) is 15.0. The van der Waals surface area contributed by atoms with Gasteiger partial charge in [0, 0.05) is 25.4 Å². The Bertz CT molecular complexity index is 763. The van der Waals surface area contributed by atoms with Crippen LogP contribution in [-0.2, 0) is 16.0 Å². The van der Waals surface area contributed by atoms with Gasteiger partial charge in [0.2, 0.25) is 5.91 Å². The number of carbonyl (C=O) groups excluding carboxylic acids is 1. The first-order chi connectivity index (χ1) is 12.1. The van der Waals surface area contributed by atoms with E-state index in [0.29, 0.717) is 32.0 Å². The van der Waals surface area contributed by atoms with Crippen molar-refractivity contribution in [2.75, 3.05) is 32.1 Å². The Balaban J connectivity index is 1.84. The molecule has 1 aliphatic heterocycles. The van der Waals surface area contributed by atoms with E-state index >= 15 is 0 Å². The van der Waals surface area contributed by atoms with Crippen LogP contribution in [0.2, 0.25) is 0 Å². The molecule has 0 radical (unpaired) electrons. The Morgan fingerprint density at radius 1 is 1.32 bits per heavy atom. The lowest BCUT2D eigenvalue weighted by atomic mass is 10.0. The molecule has 0 bridgehead atoms. The highest BCUT2D eigenvalue weighted by atomic mass is 16.5. The number of morpholine rings is 1. The average molecular weight is 340 g/mol. The summed E-state index contributed by atoms with van der Waals surface area (Å²) in [4.78, 5) is 23.9. The van der Waals surface area contributed by atoms with Crippen molar-refractivity contribution >= 4 is 11.7 Å². The summed E-state index contributed by atoms with van der Waals surface area (Å²) in [5.74, 6) is 1.46. The number of nitrogens with zero attached hydrogens (tertiary/aromatic N) is 3. The molecule has 25 heavy (non-hydrogen) atoms. The van der Waals surface area contributed by atoms with Gasteiger partial charge in [-0.3, -0.25) is 4.79 Å².